The van der Waals surface area contributed by atoms with Crippen LogP contribution < -0.4 is 5.73 Å². The van der Waals surface area contributed by atoms with Crippen LogP contribution in [0.2, 0.25) is 0 Å². The van der Waals surface area contributed by atoms with E-state index in [4.69, 9.17) is 5.73 Å². The minimum absolute atomic E-state index is 0.109. The fourth-order valence-corrected chi connectivity index (χ4v) is 3.56. The highest BCUT2D eigenvalue weighted by Gasteiger charge is 2.25. The molecule has 2 aromatic carbocycles. The molecule has 128 valence electrons. The van der Waals surface area contributed by atoms with Crippen molar-refractivity contribution in [3.05, 3.63) is 65.0 Å². The Labute approximate surface area is 146 Å². The molecule has 3 aromatic rings. The Bertz CT molecular complexity index is 930. The lowest BCUT2D eigenvalue weighted by Gasteiger charge is -2.33. The third kappa shape index (κ3) is 3.03. The van der Waals surface area contributed by atoms with Crippen LogP contribution in [0, 0.1) is 6.92 Å². The number of imidazole rings is 1. The molecule has 3 N–H and O–H groups in total. The van der Waals surface area contributed by atoms with Gasteiger partial charge in [0.15, 0.2) is 0 Å². The highest BCUT2D eigenvalue weighted by molar-refractivity contribution is 5.79. The van der Waals surface area contributed by atoms with Crippen LogP contribution in [0.1, 0.15) is 35.0 Å². The second kappa shape index (κ2) is 6.33. The third-order valence-electron chi connectivity index (χ3n) is 4.92. The molecule has 0 aliphatic carbocycles. The number of hydrogen-bond acceptors (Lipinski definition) is 3. The lowest BCUT2D eigenvalue weighted by atomic mass is 9.96. The quantitative estimate of drug-likeness (QED) is 0.773. The Balaban J connectivity index is 1.44. The zero-order chi connectivity index (χ0) is 17.4. The molecule has 25 heavy (non-hydrogen) atoms. The van der Waals surface area contributed by atoms with Crippen molar-refractivity contribution in [1.82, 2.24) is 14.9 Å². The van der Waals surface area contributed by atoms with Gasteiger partial charge >= 0.3 is 0 Å². The number of amides is 1. The van der Waals surface area contributed by atoms with Gasteiger partial charge in [-0.2, -0.15) is 0 Å². The van der Waals surface area contributed by atoms with Gasteiger partial charge in [0, 0.05) is 32.0 Å². The summed E-state index contributed by atoms with van der Waals surface area (Å²) in [7, 11) is 0. The number of benzene rings is 2. The standard InChI is InChI=1S/C20H22N4O/c1-13-5-4-8-17-20(13)23-18(22-17)9-10-19(25)24-11-14-6-2-3-7-15(14)16(21)12-24/h2-8,16H,9-12,21H2,1H3,(H,22,23). The normalized spacial score (nSPS) is 16.9. The minimum Gasteiger partial charge on any atom is -0.342 e. The maximum Gasteiger partial charge on any atom is 0.223 e. The van der Waals surface area contributed by atoms with Gasteiger partial charge in [-0.3, -0.25) is 4.79 Å². The summed E-state index contributed by atoms with van der Waals surface area (Å²) >= 11 is 0. The number of aryl methyl sites for hydroxylation is 2. The Hall–Kier alpha value is -2.66. The van der Waals surface area contributed by atoms with Crippen LogP contribution in [0.4, 0.5) is 0 Å². The summed E-state index contributed by atoms with van der Waals surface area (Å²) in [5.74, 6) is 0.987. The Morgan fingerprint density at radius 2 is 2.12 bits per heavy atom. The van der Waals surface area contributed by atoms with E-state index in [1.165, 1.54) is 0 Å². The van der Waals surface area contributed by atoms with Crippen LogP contribution in [0.5, 0.6) is 0 Å². The predicted octanol–water partition coefficient (Wildman–Crippen LogP) is 2.85. The molecule has 0 fully saturated rings. The second-order valence-corrected chi connectivity index (χ2v) is 6.73. The number of nitrogens with one attached hydrogen (secondary N) is 1. The molecule has 0 spiro atoms. The minimum atomic E-state index is -0.109. The number of fused-ring (bicyclic) bond motifs is 2. The molecule has 1 aromatic heterocycles. The van der Waals surface area contributed by atoms with E-state index in [1.807, 2.05) is 42.2 Å². The number of aromatic nitrogens is 2. The number of carbonyl (C=O) groups excluding carboxylic acids is 1. The van der Waals surface area contributed by atoms with Crippen molar-refractivity contribution >= 4 is 16.9 Å². The predicted molar refractivity (Wildman–Crippen MR) is 97.9 cm³/mol. The summed E-state index contributed by atoms with van der Waals surface area (Å²) in [5.41, 5.74) is 11.7. The molecule has 1 aliphatic heterocycles. The Kier molecular flexibility index (Phi) is 4.01. The van der Waals surface area contributed by atoms with Gasteiger partial charge in [0.05, 0.1) is 11.0 Å². The summed E-state index contributed by atoms with van der Waals surface area (Å²) < 4.78 is 0. The number of rotatable bonds is 3. The molecule has 1 unspecified atom stereocenters. The molecule has 0 saturated heterocycles. The van der Waals surface area contributed by atoms with Gasteiger partial charge in [0.25, 0.3) is 0 Å². The first kappa shape index (κ1) is 15.8. The highest BCUT2D eigenvalue weighted by Crippen LogP contribution is 2.25. The van der Waals surface area contributed by atoms with Crippen molar-refractivity contribution < 1.29 is 4.79 Å². The molecular formula is C20H22N4O. The first-order valence-corrected chi connectivity index (χ1v) is 8.67. The van der Waals surface area contributed by atoms with E-state index in [0.29, 0.717) is 25.9 Å². The van der Waals surface area contributed by atoms with Crippen LogP contribution in [-0.4, -0.2) is 27.3 Å². The van der Waals surface area contributed by atoms with Gasteiger partial charge in [0.1, 0.15) is 5.82 Å². The van der Waals surface area contributed by atoms with Crippen molar-refractivity contribution in [1.29, 1.82) is 0 Å². The van der Waals surface area contributed by atoms with Crippen LogP contribution in [0.15, 0.2) is 42.5 Å². The maximum atomic E-state index is 12.6. The van der Waals surface area contributed by atoms with E-state index in [2.05, 4.69) is 22.1 Å². The summed E-state index contributed by atoms with van der Waals surface area (Å²) in [6.07, 6.45) is 1.05. The number of carbonyl (C=O) groups is 1. The zero-order valence-electron chi connectivity index (χ0n) is 14.3. The van der Waals surface area contributed by atoms with Gasteiger partial charge in [-0.25, -0.2) is 4.98 Å². The van der Waals surface area contributed by atoms with Crippen molar-refractivity contribution in [3.63, 3.8) is 0 Å². The average molecular weight is 334 g/mol. The van der Waals surface area contributed by atoms with Crippen molar-refractivity contribution in [3.8, 4) is 0 Å². The monoisotopic (exact) mass is 334 g/mol. The van der Waals surface area contributed by atoms with Crippen LogP contribution in [-0.2, 0) is 17.8 Å². The van der Waals surface area contributed by atoms with Gasteiger partial charge in [-0.1, -0.05) is 36.4 Å². The summed E-state index contributed by atoms with van der Waals surface area (Å²) in [4.78, 5) is 22.4. The van der Waals surface area contributed by atoms with E-state index in [-0.39, 0.29) is 11.9 Å². The lowest BCUT2D eigenvalue weighted by molar-refractivity contribution is -0.132. The molecular weight excluding hydrogens is 312 g/mol. The molecule has 0 saturated carbocycles. The van der Waals surface area contributed by atoms with Gasteiger partial charge in [0.2, 0.25) is 5.91 Å². The van der Waals surface area contributed by atoms with Gasteiger partial charge in [-0.05, 0) is 29.7 Å². The first-order valence-electron chi connectivity index (χ1n) is 8.67. The number of H-pyrrole nitrogens is 1. The van der Waals surface area contributed by atoms with Crippen molar-refractivity contribution in [2.75, 3.05) is 6.54 Å². The van der Waals surface area contributed by atoms with E-state index >= 15 is 0 Å². The molecule has 1 aliphatic rings. The molecule has 1 atom stereocenters. The Morgan fingerprint density at radius 3 is 2.96 bits per heavy atom. The smallest absolute Gasteiger partial charge is 0.223 e. The molecule has 5 heteroatoms. The van der Waals surface area contributed by atoms with E-state index in [1.54, 1.807) is 0 Å². The molecule has 5 nitrogen and oxygen atoms in total. The van der Waals surface area contributed by atoms with Crippen molar-refractivity contribution in [2.24, 2.45) is 5.73 Å². The molecule has 1 amide bonds. The van der Waals surface area contributed by atoms with Crippen LogP contribution >= 0.6 is 0 Å². The lowest BCUT2D eigenvalue weighted by Crippen LogP contribution is -2.41. The number of hydrogen-bond donors (Lipinski definition) is 2. The largest absolute Gasteiger partial charge is 0.342 e. The number of nitrogens with zero attached hydrogens (tertiary/aromatic N) is 2. The fourth-order valence-electron chi connectivity index (χ4n) is 3.56. The summed E-state index contributed by atoms with van der Waals surface area (Å²) in [6.45, 7) is 3.27. The number of para-hydroxylation sites is 1. The summed E-state index contributed by atoms with van der Waals surface area (Å²) in [5, 5.41) is 0. The average Bonchev–Trinajstić information content (AvgIpc) is 3.04. The molecule has 0 radical (unpaired) electrons. The third-order valence-corrected chi connectivity index (χ3v) is 4.92. The van der Waals surface area contributed by atoms with Gasteiger partial charge in [-0.15, -0.1) is 0 Å². The van der Waals surface area contributed by atoms with Crippen LogP contribution in [0.3, 0.4) is 0 Å². The molecule has 2 heterocycles. The van der Waals surface area contributed by atoms with Crippen LogP contribution in [0.25, 0.3) is 11.0 Å². The first-order chi connectivity index (χ1) is 12.1. The fraction of sp³-hybridized carbons (Fsp3) is 0.300. The SMILES string of the molecule is Cc1cccc2[nH]c(CCC(=O)N3Cc4ccccc4C(N)C3)nc12. The number of aromatic amines is 1. The van der Waals surface area contributed by atoms with E-state index in [0.717, 1.165) is 33.5 Å². The van der Waals surface area contributed by atoms with Gasteiger partial charge < -0.3 is 15.6 Å². The summed E-state index contributed by atoms with van der Waals surface area (Å²) in [6, 6.07) is 14.1. The highest BCUT2D eigenvalue weighted by atomic mass is 16.2. The van der Waals surface area contributed by atoms with E-state index < -0.39 is 0 Å². The van der Waals surface area contributed by atoms with Crippen molar-refractivity contribution in [2.45, 2.75) is 32.4 Å². The second-order valence-electron chi connectivity index (χ2n) is 6.73. The number of nitrogens with two attached hydrogens (primary N) is 1. The molecule has 4 rings (SSSR count). The molecule has 0 bridgehead atoms. The Morgan fingerprint density at radius 1 is 1.28 bits per heavy atom. The topological polar surface area (TPSA) is 75.0 Å². The van der Waals surface area contributed by atoms with E-state index in [9.17, 15) is 4.79 Å². The zero-order valence-corrected chi connectivity index (χ0v) is 14.3. The maximum absolute atomic E-state index is 12.6.